The number of nitrogen functional groups attached to an aromatic ring is 1. The van der Waals surface area contributed by atoms with E-state index < -0.39 is 0 Å². The van der Waals surface area contributed by atoms with E-state index in [1.165, 1.54) is 0 Å². The highest BCUT2D eigenvalue weighted by Crippen LogP contribution is 2.26. The van der Waals surface area contributed by atoms with Crippen molar-refractivity contribution in [1.29, 1.82) is 0 Å². The number of rotatable bonds is 4. The topological polar surface area (TPSA) is 64.3 Å². The summed E-state index contributed by atoms with van der Waals surface area (Å²) in [5.74, 6) is 0.109. The molecular formula is C14H12BrClN2O2. The van der Waals surface area contributed by atoms with Gasteiger partial charge in [-0.15, -0.1) is 0 Å². The molecule has 2 aromatic rings. The van der Waals surface area contributed by atoms with E-state index in [-0.39, 0.29) is 12.5 Å². The first kappa shape index (κ1) is 14.7. The summed E-state index contributed by atoms with van der Waals surface area (Å²) in [6.07, 6.45) is 0. The number of nitrogens with one attached hydrogen (secondary N) is 1. The van der Waals surface area contributed by atoms with Crippen LogP contribution in [0.25, 0.3) is 0 Å². The molecule has 0 saturated carbocycles. The van der Waals surface area contributed by atoms with Crippen LogP contribution in [0, 0.1) is 0 Å². The number of carbonyl (C=O) groups excluding carboxylic acids is 1. The van der Waals surface area contributed by atoms with Gasteiger partial charge in [0.2, 0.25) is 0 Å². The minimum atomic E-state index is -0.276. The lowest BCUT2D eigenvalue weighted by molar-refractivity contribution is -0.118. The summed E-state index contributed by atoms with van der Waals surface area (Å²) in [6.45, 7) is -0.143. The SMILES string of the molecule is Nc1ccc(Cl)c(OCC(=O)Nc2cccc(Br)c2)c1. The molecule has 0 aliphatic heterocycles. The summed E-state index contributed by atoms with van der Waals surface area (Å²) in [5.41, 5.74) is 6.84. The Balaban J connectivity index is 1.94. The maximum Gasteiger partial charge on any atom is 0.262 e. The van der Waals surface area contributed by atoms with Gasteiger partial charge in [0.1, 0.15) is 5.75 Å². The largest absolute Gasteiger partial charge is 0.482 e. The molecule has 20 heavy (non-hydrogen) atoms. The third kappa shape index (κ3) is 4.15. The van der Waals surface area contributed by atoms with Crippen molar-refractivity contribution in [2.24, 2.45) is 0 Å². The number of ether oxygens (including phenoxy) is 1. The molecule has 0 atom stereocenters. The zero-order valence-corrected chi connectivity index (χ0v) is 12.7. The van der Waals surface area contributed by atoms with E-state index in [0.717, 1.165) is 4.47 Å². The standard InChI is InChI=1S/C14H12BrClN2O2/c15-9-2-1-3-11(6-9)18-14(19)8-20-13-7-10(17)4-5-12(13)16/h1-7H,8,17H2,(H,18,19). The number of anilines is 2. The third-order valence-corrected chi connectivity index (χ3v) is 3.23. The van der Waals surface area contributed by atoms with Crippen LogP contribution in [-0.4, -0.2) is 12.5 Å². The maximum absolute atomic E-state index is 11.8. The molecule has 0 fully saturated rings. The maximum atomic E-state index is 11.8. The van der Waals surface area contributed by atoms with Crippen molar-refractivity contribution >= 4 is 44.8 Å². The van der Waals surface area contributed by atoms with Gasteiger partial charge < -0.3 is 15.8 Å². The number of hydrogen-bond acceptors (Lipinski definition) is 3. The fraction of sp³-hybridized carbons (Fsp3) is 0.0714. The third-order valence-electron chi connectivity index (χ3n) is 2.42. The van der Waals surface area contributed by atoms with Crippen LogP contribution in [0.1, 0.15) is 0 Å². The van der Waals surface area contributed by atoms with Crippen LogP contribution in [0.4, 0.5) is 11.4 Å². The Kier molecular flexibility index (Phi) is 4.87. The van der Waals surface area contributed by atoms with E-state index in [1.54, 1.807) is 30.3 Å². The van der Waals surface area contributed by atoms with Crippen LogP contribution in [0.5, 0.6) is 5.75 Å². The van der Waals surface area contributed by atoms with Gasteiger partial charge in [-0.25, -0.2) is 0 Å². The van der Waals surface area contributed by atoms with Crippen LogP contribution in [0.15, 0.2) is 46.9 Å². The van der Waals surface area contributed by atoms with Crippen molar-refractivity contribution in [3.05, 3.63) is 52.0 Å². The van der Waals surface area contributed by atoms with Crippen molar-refractivity contribution in [2.75, 3.05) is 17.7 Å². The van der Waals surface area contributed by atoms with Crippen LogP contribution >= 0.6 is 27.5 Å². The Bertz CT molecular complexity index is 634. The van der Waals surface area contributed by atoms with Gasteiger partial charge in [-0.3, -0.25) is 4.79 Å². The monoisotopic (exact) mass is 354 g/mol. The Morgan fingerprint density at radius 3 is 2.85 bits per heavy atom. The Labute approximate surface area is 130 Å². The van der Waals surface area contributed by atoms with Crippen molar-refractivity contribution in [3.8, 4) is 5.75 Å². The molecule has 0 aliphatic carbocycles. The second-order valence-corrected chi connectivity index (χ2v) is 5.36. The van der Waals surface area contributed by atoms with E-state index in [2.05, 4.69) is 21.2 Å². The highest BCUT2D eigenvalue weighted by molar-refractivity contribution is 9.10. The molecular weight excluding hydrogens is 344 g/mol. The number of hydrogen-bond donors (Lipinski definition) is 2. The predicted octanol–water partition coefficient (Wildman–Crippen LogP) is 3.70. The summed E-state index contributed by atoms with van der Waals surface area (Å²) in [7, 11) is 0. The fourth-order valence-corrected chi connectivity index (χ4v) is 2.11. The molecule has 1 amide bonds. The molecule has 0 saturated heterocycles. The highest BCUT2D eigenvalue weighted by Gasteiger charge is 2.07. The Morgan fingerprint density at radius 1 is 1.30 bits per heavy atom. The normalized spacial score (nSPS) is 10.1. The van der Waals surface area contributed by atoms with Crippen molar-refractivity contribution in [2.45, 2.75) is 0 Å². The summed E-state index contributed by atoms with van der Waals surface area (Å²) in [6, 6.07) is 12.2. The number of halogens is 2. The van der Waals surface area contributed by atoms with Gasteiger partial charge in [0.15, 0.2) is 6.61 Å². The Morgan fingerprint density at radius 2 is 2.10 bits per heavy atom. The quantitative estimate of drug-likeness (QED) is 0.822. The number of carbonyl (C=O) groups is 1. The minimum absolute atomic E-state index is 0.143. The van der Waals surface area contributed by atoms with Gasteiger partial charge in [-0.05, 0) is 30.3 Å². The summed E-state index contributed by atoms with van der Waals surface area (Å²) in [5, 5.41) is 3.13. The molecule has 3 N–H and O–H groups in total. The number of benzene rings is 2. The zero-order chi connectivity index (χ0) is 14.5. The molecule has 0 aromatic heterocycles. The van der Waals surface area contributed by atoms with E-state index in [9.17, 15) is 4.79 Å². The van der Waals surface area contributed by atoms with Crippen molar-refractivity contribution < 1.29 is 9.53 Å². The molecule has 0 heterocycles. The summed E-state index contributed by atoms with van der Waals surface area (Å²) in [4.78, 5) is 11.8. The van der Waals surface area contributed by atoms with Gasteiger partial charge in [-0.2, -0.15) is 0 Å². The molecule has 0 bridgehead atoms. The zero-order valence-electron chi connectivity index (χ0n) is 10.4. The highest BCUT2D eigenvalue weighted by atomic mass is 79.9. The molecule has 104 valence electrons. The molecule has 0 spiro atoms. The first-order valence-corrected chi connectivity index (χ1v) is 6.95. The lowest BCUT2D eigenvalue weighted by Crippen LogP contribution is -2.20. The van der Waals surface area contributed by atoms with Crippen LogP contribution in [-0.2, 0) is 4.79 Å². The summed E-state index contributed by atoms with van der Waals surface area (Å²) >= 11 is 9.27. The van der Waals surface area contributed by atoms with E-state index in [0.29, 0.717) is 22.1 Å². The molecule has 2 rings (SSSR count). The fourth-order valence-electron chi connectivity index (χ4n) is 1.54. The second-order valence-electron chi connectivity index (χ2n) is 4.04. The average Bonchev–Trinajstić information content (AvgIpc) is 2.40. The molecule has 0 aliphatic rings. The first-order valence-electron chi connectivity index (χ1n) is 5.78. The molecule has 6 heteroatoms. The van der Waals surface area contributed by atoms with Gasteiger partial charge in [-0.1, -0.05) is 33.6 Å². The molecule has 4 nitrogen and oxygen atoms in total. The van der Waals surface area contributed by atoms with Crippen molar-refractivity contribution in [1.82, 2.24) is 0 Å². The van der Waals surface area contributed by atoms with Gasteiger partial charge in [0.05, 0.1) is 5.02 Å². The molecule has 0 radical (unpaired) electrons. The predicted molar refractivity (Wildman–Crippen MR) is 84.1 cm³/mol. The van der Waals surface area contributed by atoms with Crippen molar-refractivity contribution in [3.63, 3.8) is 0 Å². The second kappa shape index (κ2) is 6.63. The summed E-state index contributed by atoms with van der Waals surface area (Å²) < 4.78 is 6.23. The molecule has 2 aromatic carbocycles. The van der Waals surface area contributed by atoms with Crippen LogP contribution in [0.3, 0.4) is 0 Å². The van der Waals surface area contributed by atoms with E-state index in [1.807, 2.05) is 12.1 Å². The minimum Gasteiger partial charge on any atom is -0.482 e. The first-order chi connectivity index (χ1) is 9.54. The van der Waals surface area contributed by atoms with Gasteiger partial charge in [0, 0.05) is 21.9 Å². The van der Waals surface area contributed by atoms with Crippen LogP contribution < -0.4 is 15.8 Å². The van der Waals surface area contributed by atoms with Gasteiger partial charge >= 0.3 is 0 Å². The van der Waals surface area contributed by atoms with Crippen LogP contribution in [0.2, 0.25) is 5.02 Å². The smallest absolute Gasteiger partial charge is 0.262 e. The Hall–Kier alpha value is -1.72. The van der Waals surface area contributed by atoms with Gasteiger partial charge in [0.25, 0.3) is 5.91 Å². The van der Waals surface area contributed by atoms with E-state index in [4.69, 9.17) is 22.1 Å². The van der Waals surface area contributed by atoms with E-state index >= 15 is 0 Å². The number of amides is 1. The number of nitrogens with two attached hydrogens (primary N) is 1. The molecule has 0 unspecified atom stereocenters. The average molecular weight is 356 g/mol. The lowest BCUT2D eigenvalue weighted by atomic mass is 10.3. The lowest BCUT2D eigenvalue weighted by Gasteiger charge is -2.09.